The molecule has 5 nitrogen and oxygen atoms in total. The number of nitro benzene ring substituents is 1. The van der Waals surface area contributed by atoms with Crippen LogP contribution in [-0.4, -0.2) is 11.5 Å². The number of nitro groups is 1. The maximum Gasteiger partial charge on any atom is 0.275 e. The number of hydrogen-bond donors (Lipinski definition) is 1. The fourth-order valence-electron chi connectivity index (χ4n) is 3.24. The summed E-state index contributed by atoms with van der Waals surface area (Å²) in [5, 5.41) is 11.4. The maximum atomic E-state index is 11.4. The van der Waals surface area contributed by atoms with Crippen molar-refractivity contribution in [3.63, 3.8) is 0 Å². The van der Waals surface area contributed by atoms with Gasteiger partial charge in [-0.3, -0.25) is 10.1 Å². The zero-order chi connectivity index (χ0) is 15.7. The molecule has 0 heterocycles. The number of fused-ring (bicyclic) bond motifs is 1. The molecule has 5 heteroatoms. The smallest absolute Gasteiger partial charge is 0.275 e. The molecule has 2 N–H and O–H groups in total. The minimum absolute atomic E-state index is 0.0261. The first-order chi connectivity index (χ1) is 10.6. The topological polar surface area (TPSA) is 78.4 Å². The van der Waals surface area contributed by atoms with Gasteiger partial charge < -0.3 is 10.5 Å². The molecule has 3 rings (SSSR count). The van der Waals surface area contributed by atoms with E-state index >= 15 is 0 Å². The van der Waals surface area contributed by atoms with E-state index in [0.29, 0.717) is 23.6 Å². The van der Waals surface area contributed by atoms with E-state index in [1.54, 1.807) is 6.07 Å². The summed E-state index contributed by atoms with van der Waals surface area (Å²) in [6.07, 6.45) is 1.55. The van der Waals surface area contributed by atoms with Crippen LogP contribution in [0.2, 0.25) is 0 Å². The highest BCUT2D eigenvalue weighted by Crippen LogP contribution is 2.43. The summed E-state index contributed by atoms with van der Waals surface area (Å²) in [5.74, 6) is 0.553. The molecule has 22 heavy (non-hydrogen) atoms. The summed E-state index contributed by atoms with van der Waals surface area (Å²) in [6, 6.07) is 11.2. The van der Waals surface area contributed by atoms with Crippen molar-refractivity contribution >= 4 is 11.4 Å². The Bertz CT molecular complexity index is 703. The van der Waals surface area contributed by atoms with Gasteiger partial charge in [0.25, 0.3) is 5.69 Å². The second kappa shape index (κ2) is 5.67. The first-order valence-electron chi connectivity index (χ1n) is 7.38. The molecular weight excluding hydrogens is 280 g/mol. The van der Waals surface area contributed by atoms with Crippen LogP contribution in [0.4, 0.5) is 11.4 Å². The van der Waals surface area contributed by atoms with E-state index in [0.717, 1.165) is 12.8 Å². The van der Waals surface area contributed by atoms with Gasteiger partial charge in [-0.05, 0) is 37.0 Å². The van der Waals surface area contributed by atoms with Gasteiger partial charge in [0, 0.05) is 12.0 Å². The van der Waals surface area contributed by atoms with Crippen LogP contribution < -0.4 is 10.5 Å². The van der Waals surface area contributed by atoms with Gasteiger partial charge >= 0.3 is 0 Å². The van der Waals surface area contributed by atoms with Crippen molar-refractivity contribution in [2.75, 3.05) is 12.3 Å². The van der Waals surface area contributed by atoms with Crippen LogP contribution in [0, 0.1) is 10.1 Å². The third-order valence-corrected chi connectivity index (χ3v) is 4.18. The van der Waals surface area contributed by atoms with E-state index in [-0.39, 0.29) is 16.5 Å². The van der Waals surface area contributed by atoms with Crippen molar-refractivity contribution in [2.45, 2.75) is 25.7 Å². The van der Waals surface area contributed by atoms with Crippen molar-refractivity contribution < 1.29 is 9.66 Å². The van der Waals surface area contributed by atoms with Gasteiger partial charge in [0.15, 0.2) is 0 Å². The number of benzene rings is 2. The predicted molar refractivity (Wildman–Crippen MR) is 85.3 cm³/mol. The SMILES string of the molecule is CCOc1ccc([N+](=O)[O-])c(C2Cc3ccccc3C2)c1N. The summed E-state index contributed by atoms with van der Waals surface area (Å²) in [7, 11) is 0. The summed E-state index contributed by atoms with van der Waals surface area (Å²) < 4.78 is 5.50. The minimum atomic E-state index is -0.357. The monoisotopic (exact) mass is 298 g/mol. The first-order valence-corrected chi connectivity index (χ1v) is 7.38. The van der Waals surface area contributed by atoms with Crippen LogP contribution in [0.1, 0.15) is 29.5 Å². The van der Waals surface area contributed by atoms with Gasteiger partial charge in [-0.1, -0.05) is 24.3 Å². The summed E-state index contributed by atoms with van der Waals surface area (Å²) in [4.78, 5) is 11.0. The van der Waals surface area contributed by atoms with E-state index in [2.05, 4.69) is 12.1 Å². The molecule has 2 aromatic carbocycles. The van der Waals surface area contributed by atoms with E-state index in [4.69, 9.17) is 10.5 Å². The lowest BCUT2D eigenvalue weighted by Crippen LogP contribution is -2.09. The Balaban J connectivity index is 2.06. The average molecular weight is 298 g/mol. The van der Waals surface area contributed by atoms with Crippen molar-refractivity contribution in [3.8, 4) is 5.75 Å². The third-order valence-electron chi connectivity index (χ3n) is 4.18. The van der Waals surface area contributed by atoms with Gasteiger partial charge in [-0.2, -0.15) is 0 Å². The molecule has 0 aromatic heterocycles. The molecular formula is C17H18N2O3. The minimum Gasteiger partial charge on any atom is -0.492 e. The molecule has 0 fully saturated rings. The molecule has 0 saturated carbocycles. The molecule has 114 valence electrons. The lowest BCUT2D eigenvalue weighted by atomic mass is 9.92. The van der Waals surface area contributed by atoms with Crippen molar-refractivity contribution in [1.29, 1.82) is 0 Å². The van der Waals surface area contributed by atoms with Gasteiger partial charge in [0.2, 0.25) is 0 Å². The third kappa shape index (κ3) is 2.39. The zero-order valence-corrected chi connectivity index (χ0v) is 12.4. The lowest BCUT2D eigenvalue weighted by molar-refractivity contribution is -0.385. The van der Waals surface area contributed by atoms with Gasteiger partial charge in [-0.15, -0.1) is 0 Å². The molecule has 0 spiro atoms. The standard InChI is InChI=1S/C17H18N2O3/c1-2-22-15-8-7-14(19(20)21)16(17(15)18)13-9-11-5-3-4-6-12(11)10-13/h3-8,13H,2,9-10,18H2,1H3. The van der Waals surface area contributed by atoms with Crippen LogP contribution in [0.25, 0.3) is 0 Å². The second-order valence-corrected chi connectivity index (χ2v) is 5.47. The van der Waals surface area contributed by atoms with Gasteiger partial charge in [0.05, 0.1) is 22.8 Å². The molecule has 0 bridgehead atoms. The van der Waals surface area contributed by atoms with E-state index in [1.165, 1.54) is 17.2 Å². The molecule has 0 atom stereocenters. The summed E-state index contributed by atoms with van der Waals surface area (Å²) in [6.45, 7) is 2.35. The summed E-state index contributed by atoms with van der Waals surface area (Å²) in [5.41, 5.74) is 9.75. The van der Waals surface area contributed by atoms with Crippen molar-refractivity contribution in [2.24, 2.45) is 0 Å². The van der Waals surface area contributed by atoms with Crippen LogP contribution >= 0.6 is 0 Å². The Hall–Kier alpha value is -2.56. The Kier molecular flexibility index (Phi) is 3.71. The highest BCUT2D eigenvalue weighted by Gasteiger charge is 2.31. The number of hydrogen-bond acceptors (Lipinski definition) is 4. The van der Waals surface area contributed by atoms with Crippen LogP contribution in [0.5, 0.6) is 5.75 Å². The van der Waals surface area contributed by atoms with Gasteiger partial charge in [-0.25, -0.2) is 0 Å². The maximum absolute atomic E-state index is 11.4. The predicted octanol–water partition coefficient (Wildman–Crippen LogP) is 3.46. The number of nitrogens with zero attached hydrogens (tertiary/aromatic N) is 1. The number of anilines is 1. The Morgan fingerprint density at radius 2 is 1.86 bits per heavy atom. The molecule has 0 saturated heterocycles. The highest BCUT2D eigenvalue weighted by atomic mass is 16.6. The van der Waals surface area contributed by atoms with Gasteiger partial charge in [0.1, 0.15) is 5.75 Å². The zero-order valence-electron chi connectivity index (χ0n) is 12.4. The van der Waals surface area contributed by atoms with E-state index < -0.39 is 0 Å². The molecule has 0 radical (unpaired) electrons. The number of ether oxygens (including phenoxy) is 1. The second-order valence-electron chi connectivity index (χ2n) is 5.47. The quantitative estimate of drug-likeness (QED) is 0.532. The van der Waals surface area contributed by atoms with Crippen molar-refractivity contribution in [3.05, 3.63) is 63.2 Å². The Morgan fingerprint density at radius 3 is 2.41 bits per heavy atom. The molecule has 0 aliphatic heterocycles. The van der Waals surface area contributed by atoms with Crippen LogP contribution in [-0.2, 0) is 12.8 Å². The van der Waals surface area contributed by atoms with E-state index in [9.17, 15) is 10.1 Å². The highest BCUT2D eigenvalue weighted by molar-refractivity contribution is 5.68. The molecule has 0 amide bonds. The Morgan fingerprint density at radius 1 is 1.23 bits per heavy atom. The van der Waals surface area contributed by atoms with E-state index in [1.807, 2.05) is 19.1 Å². The number of nitrogen functional groups attached to an aromatic ring is 1. The first kappa shape index (κ1) is 14.4. The number of nitrogens with two attached hydrogens (primary N) is 1. The number of rotatable bonds is 4. The lowest BCUT2D eigenvalue weighted by Gasteiger charge is -2.16. The molecule has 2 aromatic rings. The van der Waals surface area contributed by atoms with Crippen LogP contribution in [0.15, 0.2) is 36.4 Å². The average Bonchev–Trinajstić information content (AvgIpc) is 2.92. The molecule has 1 aliphatic rings. The summed E-state index contributed by atoms with van der Waals surface area (Å²) >= 11 is 0. The van der Waals surface area contributed by atoms with Crippen molar-refractivity contribution in [1.82, 2.24) is 0 Å². The largest absolute Gasteiger partial charge is 0.492 e. The fourth-order valence-corrected chi connectivity index (χ4v) is 3.24. The molecule has 0 unspecified atom stereocenters. The van der Waals surface area contributed by atoms with Crippen LogP contribution in [0.3, 0.4) is 0 Å². The fraction of sp³-hybridized carbons (Fsp3) is 0.294. The Labute approximate surface area is 128 Å². The normalized spacial score (nSPS) is 13.9. The molecule has 1 aliphatic carbocycles.